The van der Waals surface area contributed by atoms with Crippen LogP contribution in [0.15, 0.2) is 23.3 Å². The second kappa shape index (κ2) is 5.74. The molecule has 1 aromatic carbocycles. The molecule has 6 heteroatoms. The highest BCUT2D eigenvalue weighted by molar-refractivity contribution is 6.01. The number of phenols is 2. The van der Waals surface area contributed by atoms with Crippen LogP contribution in [0.1, 0.15) is 19.4 Å². The number of carbonyl (C=O) groups is 1. The number of amides is 1. The molecule has 0 heterocycles. The first-order valence-electron chi connectivity index (χ1n) is 5.04. The monoisotopic (exact) mass is 238 g/mol. The van der Waals surface area contributed by atoms with Crippen molar-refractivity contribution in [2.45, 2.75) is 13.8 Å². The van der Waals surface area contributed by atoms with Crippen molar-refractivity contribution >= 4 is 11.8 Å². The Labute approximate surface area is 98.5 Å². The van der Waals surface area contributed by atoms with Crippen molar-refractivity contribution in [2.24, 2.45) is 5.10 Å². The second-order valence-electron chi connectivity index (χ2n) is 3.23. The smallest absolute Gasteiger partial charge is 0.427 e. The molecule has 0 spiro atoms. The van der Waals surface area contributed by atoms with Gasteiger partial charge in [-0.1, -0.05) is 0 Å². The molecule has 92 valence electrons. The molecule has 0 radical (unpaired) electrons. The predicted octanol–water partition coefficient (Wildman–Crippen LogP) is 1.57. The number of nitrogens with zero attached hydrogens (tertiary/aromatic N) is 1. The lowest BCUT2D eigenvalue weighted by molar-refractivity contribution is 0.152. The summed E-state index contributed by atoms with van der Waals surface area (Å²) in [7, 11) is 0. The average Bonchev–Trinajstić information content (AvgIpc) is 2.26. The number of rotatable bonds is 3. The van der Waals surface area contributed by atoms with Gasteiger partial charge in [0.2, 0.25) is 0 Å². The van der Waals surface area contributed by atoms with E-state index in [-0.39, 0.29) is 18.1 Å². The van der Waals surface area contributed by atoms with Gasteiger partial charge in [-0.25, -0.2) is 10.2 Å². The molecule has 0 unspecified atom stereocenters. The van der Waals surface area contributed by atoms with Gasteiger partial charge in [-0.05, 0) is 26.0 Å². The summed E-state index contributed by atoms with van der Waals surface area (Å²) in [4.78, 5) is 11.0. The fraction of sp³-hybridized carbons (Fsp3) is 0.273. The Kier molecular flexibility index (Phi) is 4.33. The Hall–Kier alpha value is -2.24. The quantitative estimate of drug-likeness (QED) is 0.550. The van der Waals surface area contributed by atoms with Gasteiger partial charge in [0.25, 0.3) is 0 Å². The molecule has 6 nitrogen and oxygen atoms in total. The SMILES string of the molecule is CCOC(=O)NN=C(C)c1ccc(O)cc1O. The van der Waals surface area contributed by atoms with Gasteiger partial charge in [-0.2, -0.15) is 5.10 Å². The summed E-state index contributed by atoms with van der Waals surface area (Å²) in [6.45, 7) is 3.55. The lowest BCUT2D eigenvalue weighted by Crippen LogP contribution is -2.20. The van der Waals surface area contributed by atoms with Crippen LogP contribution in [-0.2, 0) is 4.74 Å². The fourth-order valence-corrected chi connectivity index (χ4v) is 1.18. The van der Waals surface area contributed by atoms with Gasteiger partial charge >= 0.3 is 6.09 Å². The van der Waals surface area contributed by atoms with Gasteiger partial charge in [0, 0.05) is 11.6 Å². The molecular weight excluding hydrogens is 224 g/mol. The van der Waals surface area contributed by atoms with Crippen LogP contribution in [0, 0.1) is 0 Å². The summed E-state index contributed by atoms with van der Waals surface area (Å²) >= 11 is 0. The number of aromatic hydroxyl groups is 2. The van der Waals surface area contributed by atoms with E-state index in [0.717, 1.165) is 0 Å². The van der Waals surface area contributed by atoms with E-state index in [1.165, 1.54) is 18.2 Å². The fourth-order valence-electron chi connectivity index (χ4n) is 1.18. The van der Waals surface area contributed by atoms with E-state index < -0.39 is 6.09 Å². The number of nitrogens with one attached hydrogen (secondary N) is 1. The van der Waals surface area contributed by atoms with E-state index in [0.29, 0.717) is 11.3 Å². The lowest BCUT2D eigenvalue weighted by Gasteiger charge is -2.05. The summed E-state index contributed by atoms with van der Waals surface area (Å²) < 4.78 is 4.62. The number of phenolic OH excluding ortho intramolecular Hbond substituents is 2. The Morgan fingerprint density at radius 3 is 2.76 bits per heavy atom. The predicted molar refractivity (Wildman–Crippen MR) is 62.1 cm³/mol. The van der Waals surface area contributed by atoms with Crippen molar-refractivity contribution in [2.75, 3.05) is 6.61 Å². The van der Waals surface area contributed by atoms with Gasteiger partial charge in [0.15, 0.2) is 0 Å². The number of carbonyl (C=O) groups excluding carboxylic acids is 1. The van der Waals surface area contributed by atoms with Crippen molar-refractivity contribution in [3.05, 3.63) is 23.8 Å². The zero-order valence-corrected chi connectivity index (χ0v) is 9.60. The molecular formula is C11H14N2O4. The molecule has 0 bridgehead atoms. The highest BCUT2D eigenvalue weighted by Crippen LogP contribution is 2.22. The van der Waals surface area contributed by atoms with Crippen molar-refractivity contribution in [1.82, 2.24) is 5.43 Å². The number of hydrogen-bond acceptors (Lipinski definition) is 5. The highest BCUT2D eigenvalue weighted by atomic mass is 16.5. The van der Waals surface area contributed by atoms with Crippen LogP contribution in [-0.4, -0.2) is 28.6 Å². The Morgan fingerprint density at radius 2 is 2.18 bits per heavy atom. The Bertz CT molecular complexity index is 443. The van der Waals surface area contributed by atoms with Crippen molar-refractivity contribution in [1.29, 1.82) is 0 Å². The van der Waals surface area contributed by atoms with E-state index >= 15 is 0 Å². The van der Waals surface area contributed by atoms with Crippen LogP contribution in [0.25, 0.3) is 0 Å². The van der Waals surface area contributed by atoms with Gasteiger partial charge < -0.3 is 14.9 Å². The Morgan fingerprint density at radius 1 is 1.47 bits per heavy atom. The maximum absolute atomic E-state index is 11.0. The first kappa shape index (κ1) is 12.8. The second-order valence-corrected chi connectivity index (χ2v) is 3.23. The van der Waals surface area contributed by atoms with Crippen LogP contribution in [0.3, 0.4) is 0 Å². The normalized spacial score (nSPS) is 11.1. The first-order valence-corrected chi connectivity index (χ1v) is 5.04. The molecule has 1 amide bonds. The van der Waals surface area contributed by atoms with Crippen LogP contribution in [0.2, 0.25) is 0 Å². The number of hydrogen-bond donors (Lipinski definition) is 3. The third-order valence-electron chi connectivity index (χ3n) is 1.96. The van der Waals surface area contributed by atoms with Gasteiger partial charge in [0.1, 0.15) is 11.5 Å². The number of hydrazone groups is 1. The number of ether oxygens (including phenoxy) is 1. The van der Waals surface area contributed by atoms with Gasteiger partial charge in [-0.3, -0.25) is 0 Å². The molecule has 0 aliphatic rings. The van der Waals surface area contributed by atoms with Crippen LogP contribution in [0.5, 0.6) is 11.5 Å². The third kappa shape index (κ3) is 3.67. The molecule has 0 saturated heterocycles. The minimum Gasteiger partial charge on any atom is -0.508 e. The summed E-state index contributed by atoms with van der Waals surface area (Å²) in [6, 6.07) is 4.10. The standard InChI is InChI=1S/C11H14N2O4/c1-3-17-11(16)13-12-7(2)9-5-4-8(14)6-10(9)15/h4-6,14-15H,3H2,1-2H3,(H,13,16). The summed E-state index contributed by atoms with van der Waals surface area (Å²) in [5.41, 5.74) is 2.99. The van der Waals surface area contributed by atoms with E-state index in [4.69, 9.17) is 5.11 Å². The van der Waals surface area contributed by atoms with E-state index in [1.54, 1.807) is 13.8 Å². The molecule has 1 aromatic rings. The molecule has 0 aliphatic heterocycles. The van der Waals surface area contributed by atoms with Gasteiger partial charge in [0.05, 0.1) is 12.3 Å². The number of benzene rings is 1. The third-order valence-corrected chi connectivity index (χ3v) is 1.96. The molecule has 0 atom stereocenters. The van der Waals surface area contributed by atoms with Crippen molar-refractivity contribution in [3.8, 4) is 11.5 Å². The zero-order valence-electron chi connectivity index (χ0n) is 9.60. The minimum absolute atomic E-state index is 0.0441. The maximum Gasteiger partial charge on any atom is 0.427 e. The molecule has 3 N–H and O–H groups in total. The van der Waals surface area contributed by atoms with Crippen molar-refractivity contribution in [3.63, 3.8) is 0 Å². The topological polar surface area (TPSA) is 91.2 Å². The summed E-state index contributed by atoms with van der Waals surface area (Å²) in [5.74, 6) is -0.158. The molecule has 0 aliphatic carbocycles. The molecule has 17 heavy (non-hydrogen) atoms. The summed E-state index contributed by atoms with van der Waals surface area (Å²) in [6.07, 6.45) is -0.662. The Balaban J connectivity index is 2.78. The molecule has 0 aromatic heterocycles. The lowest BCUT2D eigenvalue weighted by atomic mass is 10.1. The van der Waals surface area contributed by atoms with Crippen molar-refractivity contribution < 1.29 is 19.7 Å². The van der Waals surface area contributed by atoms with E-state index in [9.17, 15) is 9.90 Å². The first-order chi connectivity index (χ1) is 8.04. The average molecular weight is 238 g/mol. The maximum atomic E-state index is 11.0. The van der Waals surface area contributed by atoms with Crippen LogP contribution in [0.4, 0.5) is 4.79 Å². The zero-order chi connectivity index (χ0) is 12.8. The molecule has 1 rings (SSSR count). The van der Waals surface area contributed by atoms with E-state index in [2.05, 4.69) is 15.3 Å². The highest BCUT2D eigenvalue weighted by Gasteiger charge is 2.06. The molecule has 0 fully saturated rings. The van der Waals surface area contributed by atoms with Crippen LogP contribution >= 0.6 is 0 Å². The van der Waals surface area contributed by atoms with Gasteiger partial charge in [-0.15, -0.1) is 0 Å². The largest absolute Gasteiger partial charge is 0.508 e. The minimum atomic E-state index is -0.662. The van der Waals surface area contributed by atoms with E-state index in [1.807, 2.05) is 0 Å². The summed E-state index contributed by atoms with van der Waals surface area (Å²) in [5, 5.41) is 22.4. The van der Waals surface area contributed by atoms with Crippen LogP contribution < -0.4 is 5.43 Å². The molecule has 0 saturated carbocycles.